The number of carbonyl (C=O) groups excluding carboxylic acids is 1. The summed E-state index contributed by atoms with van der Waals surface area (Å²) in [6.07, 6.45) is 3.69. The molecular weight excluding hydrogens is 265 g/mol. The topological polar surface area (TPSA) is 70.1 Å². The number of ether oxygens (including phenoxy) is 1. The predicted octanol–water partition coefficient (Wildman–Crippen LogP) is 1.70. The van der Waals surface area contributed by atoms with E-state index in [4.69, 9.17) is 10.5 Å². The van der Waals surface area contributed by atoms with Crippen LogP contribution in [0.25, 0.3) is 0 Å². The van der Waals surface area contributed by atoms with Crippen LogP contribution in [0.5, 0.6) is 0 Å². The molecule has 0 saturated carbocycles. The second-order valence-electron chi connectivity index (χ2n) is 3.65. The van der Waals surface area contributed by atoms with Gasteiger partial charge in [0.2, 0.25) is 0 Å². The van der Waals surface area contributed by atoms with Crippen molar-refractivity contribution in [2.75, 3.05) is 6.61 Å². The van der Waals surface area contributed by atoms with Gasteiger partial charge in [0.1, 0.15) is 5.82 Å². The van der Waals surface area contributed by atoms with Gasteiger partial charge >= 0.3 is 5.97 Å². The standard InChI is InChI=1S/C10H15N3O2.2ClH/c1-2-15-10(14)8-6-13-5-3-4-7(11)9(13)12-8;;/h6-7H,2-5,11H2,1H3;2*1H. The Balaban J connectivity index is 0.00000128. The fourth-order valence-electron chi connectivity index (χ4n) is 1.82. The Hall–Kier alpha value is -0.780. The highest BCUT2D eigenvalue weighted by atomic mass is 35.5. The third-order valence-electron chi connectivity index (χ3n) is 2.54. The molecule has 1 aromatic rings. The first kappa shape index (κ1) is 16.2. The number of halogens is 2. The maximum absolute atomic E-state index is 11.4. The third-order valence-corrected chi connectivity index (χ3v) is 2.54. The first-order valence-corrected chi connectivity index (χ1v) is 5.22. The largest absolute Gasteiger partial charge is 0.461 e. The van der Waals surface area contributed by atoms with Crippen molar-refractivity contribution in [1.82, 2.24) is 9.55 Å². The lowest BCUT2D eigenvalue weighted by atomic mass is 10.1. The molecule has 1 atom stereocenters. The van der Waals surface area contributed by atoms with Gasteiger partial charge in [0.05, 0.1) is 12.6 Å². The van der Waals surface area contributed by atoms with E-state index in [1.165, 1.54) is 0 Å². The Bertz CT molecular complexity index is 382. The Morgan fingerprint density at radius 2 is 2.35 bits per heavy atom. The van der Waals surface area contributed by atoms with E-state index >= 15 is 0 Å². The lowest BCUT2D eigenvalue weighted by molar-refractivity contribution is 0.0520. The number of aromatic nitrogens is 2. The number of carbonyl (C=O) groups is 1. The predicted molar refractivity (Wildman–Crippen MR) is 68.8 cm³/mol. The molecule has 0 bridgehead atoms. The highest BCUT2D eigenvalue weighted by molar-refractivity contribution is 5.87. The summed E-state index contributed by atoms with van der Waals surface area (Å²) in [5.74, 6) is 0.427. The van der Waals surface area contributed by atoms with Gasteiger partial charge in [0.15, 0.2) is 5.69 Å². The van der Waals surface area contributed by atoms with E-state index in [0.717, 1.165) is 25.2 Å². The number of aryl methyl sites for hydroxylation is 1. The molecule has 2 N–H and O–H groups in total. The fraction of sp³-hybridized carbons (Fsp3) is 0.600. The van der Waals surface area contributed by atoms with E-state index < -0.39 is 0 Å². The van der Waals surface area contributed by atoms with E-state index in [-0.39, 0.29) is 36.8 Å². The molecule has 2 heterocycles. The van der Waals surface area contributed by atoms with E-state index in [2.05, 4.69) is 4.98 Å². The van der Waals surface area contributed by atoms with Gasteiger partial charge < -0.3 is 15.0 Å². The van der Waals surface area contributed by atoms with Crippen LogP contribution in [0.15, 0.2) is 6.20 Å². The summed E-state index contributed by atoms with van der Waals surface area (Å²) >= 11 is 0. The van der Waals surface area contributed by atoms with Gasteiger partial charge in [-0.05, 0) is 19.8 Å². The summed E-state index contributed by atoms with van der Waals surface area (Å²) in [4.78, 5) is 15.6. The maximum atomic E-state index is 11.4. The zero-order valence-electron chi connectivity index (χ0n) is 9.59. The van der Waals surface area contributed by atoms with Crippen molar-refractivity contribution in [2.45, 2.75) is 32.4 Å². The molecule has 0 radical (unpaired) electrons. The SMILES string of the molecule is CCOC(=O)c1cn2c(n1)C(N)CCC2.Cl.Cl. The van der Waals surface area contributed by atoms with Gasteiger partial charge in [-0.15, -0.1) is 24.8 Å². The summed E-state index contributed by atoms with van der Waals surface area (Å²) in [7, 11) is 0. The Morgan fingerprint density at radius 1 is 1.65 bits per heavy atom. The second-order valence-corrected chi connectivity index (χ2v) is 3.65. The molecule has 1 aliphatic heterocycles. The van der Waals surface area contributed by atoms with Crippen LogP contribution in [-0.4, -0.2) is 22.1 Å². The van der Waals surface area contributed by atoms with Gasteiger partial charge in [-0.3, -0.25) is 0 Å². The minimum atomic E-state index is -0.369. The van der Waals surface area contributed by atoms with Gasteiger partial charge in [0, 0.05) is 12.7 Å². The molecule has 0 aliphatic carbocycles. The summed E-state index contributed by atoms with van der Waals surface area (Å²) in [5, 5.41) is 0. The second kappa shape index (κ2) is 6.83. The number of nitrogens with two attached hydrogens (primary N) is 1. The molecule has 0 fully saturated rings. The zero-order valence-corrected chi connectivity index (χ0v) is 11.2. The molecule has 2 rings (SSSR count). The number of rotatable bonds is 2. The molecule has 1 aromatic heterocycles. The van der Waals surface area contributed by atoms with Crippen molar-refractivity contribution in [3.05, 3.63) is 17.7 Å². The molecule has 5 nitrogen and oxygen atoms in total. The van der Waals surface area contributed by atoms with Gasteiger partial charge in [0.25, 0.3) is 0 Å². The fourth-order valence-corrected chi connectivity index (χ4v) is 1.82. The molecule has 0 aromatic carbocycles. The highest BCUT2D eigenvalue weighted by Crippen LogP contribution is 2.22. The molecule has 1 unspecified atom stereocenters. The van der Waals surface area contributed by atoms with Crippen LogP contribution in [-0.2, 0) is 11.3 Å². The Kier molecular flexibility index (Phi) is 6.52. The number of imidazole rings is 1. The highest BCUT2D eigenvalue weighted by Gasteiger charge is 2.22. The molecule has 0 saturated heterocycles. The third kappa shape index (κ3) is 3.34. The van der Waals surface area contributed by atoms with Crippen molar-refractivity contribution < 1.29 is 9.53 Å². The van der Waals surface area contributed by atoms with Crippen LogP contribution in [0.4, 0.5) is 0 Å². The zero-order chi connectivity index (χ0) is 10.8. The number of hydrogen-bond acceptors (Lipinski definition) is 4. The molecule has 17 heavy (non-hydrogen) atoms. The monoisotopic (exact) mass is 281 g/mol. The van der Waals surface area contributed by atoms with Crippen molar-refractivity contribution in [1.29, 1.82) is 0 Å². The van der Waals surface area contributed by atoms with Crippen LogP contribution in [0.2, 0.25) is 0 Å². The first-order valence-electron chi connectivity index (χ1n) is 5.22. The smallest absolute Gasteiger partial charge is 0.358 e. The summed E-state index contributed by atoms with van der Waals surface area (Å²) < 4.78 is 6.83. The van der Waals surface area contributed by atoms with Crippen LogP contribution >= 0.6 is 24.8 Å². The average Bonchev–Trinajstić information content (AvgIpc) is 2.63. The van der Waals surface area contributed by atoms with Crippen LogP contribution in [0.3, 0.4) is 0 Å². The van der Waals surface area contributed by atoms with E-state index in [9.17, 15) is 4.79 Å². The lowest BCUT2D eigenvalue weighted by Gasteiger charge is -2.19. The Morgan fingerprint density at radius 3 is 2.94 bits per heavy atom. The van der Waals surface area contributed by atoms with Crippen LogP contribution in [0.1, 0.15) is 42.1 Å². The average molecular weight is 282 g/mol. The van der Waals surface area contributed by atoms with Crippen LogP contribution in [0, 0.1) is 0 Å². The number of fused-ring (bicyclic) bond motifs is 1. The number of hydrogen-bond donors (Lipinski definition) is 1. The van der Waals surface area contributed by atoms with E-state index in [0.29, 0.717) is 12.3 Å². The summed E-state index contributed by atoms with van der Waals surface area (Å²) in [5.41, 5.74) is 6.26. The van der Waals surface area contributed by atoms with E-state index in [1.807, 2.05) is 4.57 Å². The quantitative estimate of drug-likeness (QED) is 0.838. The van der Waals surface area contributed by atoms with Crippen molar-refractivity contribution in [3.63, 3.8) is 0 Å². The maximum Gasteiger partial charge on any atom is 0.358 e. The van der Waals surface area contributed by atoms with Gasteiger partial charge in [-0.25, -0.2) is 9.78 Å². The number of esters is 1. The number of nitrogens with zero attached hydrogens (tertiary/aromatic N) is 2. The normalized spacial score (nSPS) is 17.4. The minimum Gasteiger partial charge on any atom is -0.461 e. The molecule has 98 valence electrons. The molecule has 0 spiro atoms. The molecule has 7 heteroatoms. The van der Waals surface area contributed by atoms with Crippen molar-refractivity contribution >= 4 is 30.8 Å². The van der Waals surface area contributed by atoms with Crippen molar-refractivity contribution in [3.8, 4) is 0 Å². The molecule has 0 amide bonds. The Labute approximate surface area is 113 Å². The summed E-state index contributed by atoms with van der Waals surface area (Å²) in [6, 6.07) is -0.0538. The minimum absolute atomic E-state index is 0. The summed E-state index contributed by atoms with van der Waals surface area (Å²) in [6.45, 7) is 3.03. The van der Waals surface area contributed by atoms with Gasteiger partial charge in [-0.2, -0.15) is 0 Å². The van der Waals surface area contributed by atoms with Crippen molar-refractivity contribution in [2.24, 2.45) is 5.73 Å². The van der Waals surface area contributed by atoms with Gasteiger partial charge in [-0.1, -0.05) is 0 Å². The lowest BCUT2D eigenvalue weighted by Crippen LogP contribution is -2.21. The molecular formula is C10H17Cl2N3O2. The van der Waals surface area contributed by atoms with Crippen LogP contribution < -0.4 is 5.73 Å². The molecule has 1 aliphatic rings. The first-order chi connectivity index (χ1) is 7.22. The van der Waals surface area contributed by atoms with E-state index in [1.54, 1.807) is 13.1 Å².